The summed E-state index contributed by atoms with van der Waals surface area (Å²) in [6, 6.07) is 4.61. The first-order valence-corrected chi connectivity index (χ1v) is 7.41. The molecule has 18 heavy (non-hydrogen) atoms. The van der Waals surface area contributed by atoms with Gasteiger partial charge in [-0.25, -0.2) is 8.42 Å². The molecule has 0 bridgehead atoms. The van der Waals surface area contributed by atoms with Gasteiger partial charge in [0.25, 0.3) is 5.69 Å². The zero-order valence-electron chi connectivity index (χ0n) is 9.92. The van der Waals surface area contributed by atoms with Crippen LogP contribution in [0.15, 0.2) is 18.2 Å². The average molecular weight is 270 g/mol. The van der Waals surface area contributed by atoms with Gasteiger partial charge in [0.05, 0.1) is 16.4 Å². The summed E-state index contributed by atoms with van der Waals surface area (Å²) in [5, 5.41) is 13.8. The van der Waals surface area contributed by atoms with E-state index in [1.807, 2.05) is 0 Å². The number of nitrogens with one attached hydrogen (secondary N) is 1. The SMILES string of the molecule is Cc1cc(NC2CCS(=O)(=O)C2)ccc1[N+](=O)[O-]. The molecule has 98 valence electrons. The van der Waals surface area contributed by atoms with Crippen LogP contribution < -0.4 is 5.32 Å². The van der Waals surface area contributed by atoms with Crippen LogP contribution in [0, 0.1) is 17.0 Å². The van der Waals surface area contributed by atoms with Crippen molar-refractivity contribution < 1.29 is 13.3 Å². The molecule has 7 heteroatoms. The lowest BCUT2D eigenvalue weighted by molar-refractivity contribution is -0.385. The lowest BCUT2D eigenvalue weighted by Gasteiger charge is -2.12. The van der Waals surface area contributed by atoms with Gasteiger partial charge in [0.1, 0.15) is 0 Å². The van der Waals surface area contributed by atoms with Crippen LogP contribution in [-0.2, 0) is 9.84 Å². The van der Waals surface area contributed by atoms with Crippen LogP contribution in [-0.4, -0.2) is 30.9 Å². The van der Waals surface area contributed by atoms with Gasteiger partial charge in [-0.15, -0.1) is 0 Å². The first-order valence-electron chi connectivity index (χ1n) is 5.59. The summed E-state index contributed by atoms with van der Waals surface area (Å²) in [6.45, 7) is 1.66. The lowest BCUT2D eigenvalue weighted by Crippen LogP contribution is -2.20. The summed E-state index contributed by atoms with van der Waals surface area (Å²) in [5.74, 6) is 0.333. The number of aryl methyl sites for hydroxylation is 1. The van der Waals surface area contributed by atoms with Crippen molar-refractivity contribution in [3.8, 4) is 0 Å². The average Bonchev–Trinajstić information content (AvgIpc) is 2.57. The van der Waals surface area contributed by atoms with Gasteiger partial charge in [0.2, 0.25) is 0 Å². The Labute approximate surface area is 105 Å². The third-order valence-electron chi connectivity index (χ3n) is 3.00. The van der Waals surface area contributed by atoms with Gasteiger partial charge in [0, 0.05) is 23.4 Å². The van der Waals surface area contributed by atoms with Gasteiger partial charge in [-0.05, 0) is 25.5 Å². The molecule has 0 radical (unpaired) electrons. The molecule has 1 aliphatic rings. The van der Waals surface area contributed by atoms with Gasteiger partial charge in [0.15, 0.2) is 9.84 Å². The highest BCUT2D eigenvalue weighted by atomic mass is 32.2. The maximum absolute atomic E-state index is 11.3. The van der Waals surface area contributed by atoms with Crippen LogP contribution in [0.4, 0.5) is 11.4 Å². The minimum Gasteiger partial charge on any atom is -0.381 e. The van der Waals surface area contributed by atoms with Crippen LogP contribution in [0.2, 0.25) is 0 Å². The first kappa shape index (κ1) is 12.8. The Kier molecular flexibility index (Phi) is 3.25. The van der Waals surface area contributed by atoms with E-state index in [-0.39, 0.29) is 23.2 Å². The van der Waals surface area contributed by atoms with Gasteiger partial charge in [-0.3, -0.25) is 10.1 Å². The van der Waals surface area contributed by atoms with Crippen LogP contribution in [0.5, 0.6) is 0 Å². The fraction of sp³-hybridized carbons (Fsp3) is 0.455. The van der Waals surface area contributed by atoms with E-state index < -0.39 is 14.8 Å². The minimum atomic E-state index is -2.92. The van der Waals surface area contributed by atoms with Crippen molar-refractivity contribution in [1.82, 2.24) is 0 Å². The lowest BCUT2D eigenvalue weighted by atomic mass is 10.1. The van der Waals surface area contributed by atoms with Gasteiger partial charge >= 0.3 is 0 Å². The van der Waals surface area contributed by atoms with Crippen molar-refractivity contribution >= 4 is 21.2 Å². The standard InChI is InChI=1S/C11H14N2O4S/c1-8-6-9(2-3-11(8)13(14)15)12-10-4-5-18(16,17)7-10/h2-3,6,10,12H,4-5,7H2,1H3. The molecule has 0 saturated carbocycles. The predicted octanol–water partition coefficient (Wildman–Crippen LogP) is 1.50. The Morgan fingerprint density at radius 2 is 2.17 bits per heavy atom. The Bertz CT molecular complexity index is 583. The maximum atomic E-state index is 11.3. The molecule has 1 unspecified atom stereocenters. The second-order valence-corrected chi connectivity index (χ2v) is 6.73. The van der Waals surface area contributed by atoms with E-state index in [1.54, 1.807) is 19.1 Å². The van der Waals surface area contributed by atoms with Crippen molar-refractivity contribution in [1.29, 1.82) is 0 Å². The first-order chi connectivity index (χ1) is 8.37. The molecule has 0 aromatic heterocycles. The number of hydrogen-bond donors (Lipinski definition) is 1. The smallest absolute Gasteiger partial charge is 0.272 e. The molecule has 6 nitrogen and oxygen atoms in total. The Balaban J connectivity index is 2.12. The summed E-state index contributed by atoms with van der Waals surface area (Å²) in [6.07, 6.45) is 0.582. The fourth-order valence-corrected chi connectivity index (χ4v) is 3.77. The van der Waals surface area contributed by atoms with E-state index in [2.05, 4.69) is 5.32 Å². The third kappa shape index (κ3) is 2.79. The highest BCUT2D eigenvalue weighted by Crippen LogP contribution is 2.23. The molecular weight excluding hydrogens is 256 g/mol. The fourth-order valence-electron chi connectivity index (χ4n) is 2.09. The van der Waals surface area contributed by atoms with Gasteiger partial charge in [-0.2, -0.15) is 0 Å². The van der Waals surface area contributed by atoms with Gasteiger partial charge < -0.3 is 5.32 Å². The maximum Gasteiger partial charge on any atom is 0.272 e. The molecule has 1 atom stereocenters. The van der Waals surface area contributed by atoms with E-state index in [1.165, 1.54) is 6.07 Å². The largest absolute Gasteiger partial charge is 0.381 e. The quantitative estimate of drug-likeness (QED) is 0.664. The molecule has 1 aromatic rings. The highest BCUT2D eigenvalue weighted by Gasteiger charge is 2.27. The molecule has 1 fully saturated rings. The number of sulfone groups is 1. The third-order valence-corrected chi connectivity index (χ3v) is 4.76. The van der Waals surface area contributed by atoms with Crippen LogP contribution in [0.3, 0.4) is 0 Å². The van der Waals surface area contributed by atoms with E-state index in [4.69, 9.17) is 0 Å². The number of nitrogens with zero attached hydrogens (tertiary/aromatic N) is 1. The second-order valence-electron chi connectivity index (χ2n) is 4.50. The monoisotopic (exact) mass is 270 g/mol. The second kappa shape index (κ2) is 4.56. The van der Waals surface area contributed by atoms with E-state index in [0.29, 0.717) is 12.0 Å². The summed E-state index contributed by atoms with van der Waals surface area (Å²) >= 11 is 0. The summed E-state index contributed by atoms with van der Waals surface area (Å²) in [4.78, 5) is 10.2. The molecule has 2 rings (SSSR count). The van der Waals surface area contributed by atoms with E-state index in [0.717, 1.165) is 5.69 Å². The van der Waals surface area contributed by atoms with Crippen molar-refractivity contribution in [3.05, 3.63) is 33.9 Å². The normalized spacial score (nSPS) is 21.7. The minimum absolute atomic E-state index is 0.0691. The molecular formula is C11H14N2O4S. The molecule has 1 aromatic carbocycles. The van der Waals surface area contributed by atoms with Crippen LogP contribution in [0.25, 0.3) is 0 Å². The predicted molar refractivity (Wildman–Crippen MR) is 68.5 cm³/mol. The van der Waals surface area contributed by atoms with Gasteiger partial charge in [-0.1, -0.05) is 0 Å². The zero-order valence-corrected chi connectivity index (χ0v) is 10.7. The van der Waals surface area contributed by atoms with Crippen molar-refractivity contribution in [2.45, 2.75) is 19.4 Å². The Hall–Kier alpha value is -1.63. The number of nitro benzene ring substituents is 1. The molecule has 1 saturated heterocycles. The van der Waals surface area contributed by atoms with Crippen molar-refractivity contribution in [3.63, 3.8) is 0 Å². The summed E-state index contributed by atoms with van der Waals surface area (Å²) in [7, 11) is -2.92. The molecule has 0 amide bonds. The number of anilines is 1. The van der Waals surface area contributed by atoms with Crippen molar-refractivity contribution in [2.24, 2.45) is 0 Å². The van der Waals surface area contributed by atoms with E-state index in [9.17, 15) is 18.5 Å². The summed E-state index contributed by atoms with van der Waals surface area (Å²) in [5.41, 5.74) is 1.35. The number of benzene rings is 1. The summed E-state index contributed by atoms with van der Waals surface area (Å²) < 4.78 is 22.6. The van der Waals surface area contributed by atoms with E-state index >= 15 is 0 Å². The highest BCUT2D eigenvalue weighted by molar-refractivity contribution is 7.91. The number of hydrogen-bond acceptors (Lipinski definition) is 5. The zero-order chi connectivity index (χ0) is 13.3. The van der Waals surface area contributed by atoms with Crippen LogP contribution >= 0.6 is 0 Å². The number of nitro groups is 1. The molecule has 1 aliphatic heterocycles. The molecule has 0 spiro atoms. The van der Waals surface area contributed by atoms with Crippen molar-refractivity contribution in [2.75, 3.05) is 16.8 Å². The molecule has 1 N–H and O–H groups in total. The molecule has 1 heterocycles. The topological polar surface area (TPSA) is 89.3 Å². The number of rotatable bonds is 3. The Morgan fingerprint density at radius 1 is 1.44 bits per heavy atom. The molecule has 0 aliphatic carbocycles. The Morgan fingerprint density at radius 3 is 2.67 bits per heavy atom. The van der Waals surface area contributed by atoms with Crippen LogP contribution in [0.1, 0.15) is 12.0 Å².